The first-order chi connectivity index (χ1) is 17.4. The molecule has 36 heavy (non-hydrogen) atoms. The number of aliphatic hydroxyl groups is 1. The Bertz CT molecular complexity index is 1050. The molecule has 2 aromatic carbocycles. The third kappa shape index (κ3) is 7.38. The molecule has 1 fully saturated rings. The number of aliphatic imine (C=N–C) groups is 1. The van der Waals surface area contributed by atoms with Crippen molar-refractivity contribution in [2.24, 2.45) is 4.99 Å². The van der Waals surface area contributed by atoms with Gasteiger partial charge in [0.2, 0.25) is 0 Å². The van der Waals surface area contributed by atoms with Gasteiger partial charge in [-0.3, -0.25) is 9.79 Å². The quantitative estimate of drug-likeness (QED) is 0.240. The number of aliphatic hydroxyl groups excluding tert-OH is 1. The van der Waals surface area contributed by atoms with Crippen molar-refractivity contribution in [1.29, 1.82) is 0 Å². The summed E-state index contributed by atoms with van der Waals surface area (Å²) in [5.41, 5.74) is 3.64. The molecule has 2 heterocycles. The van der Waals surface area contributed by atoms with E-state index in [2.05, 4.69) is 20.2 Å². The van der Waals surface area contributed by atoms with E-state index in [4.69, 9.17) is 14.5 Å². The zero-order chi connectivity index (χ0) is 25.5. The van der Waals surface area contributed by atoms with Gasteiger partial charge in [0.25, 0.3) is 0 Å². The van der Waals surface area contributed by atoms with E-state index in [1.165, 1.54) is 18.4 Å². The number of carbonyl (C=O) groups is 1. The van der Waals surface area contributed by atoms with Gasteiger partial charge in [0, 0.05) is 30.4 Å². The molecule has 1 N–H and O–H groups in total. The fourth-order valence-corrected chi connectivity index (χ4v) is 5.27. The predicted octanol–water partition coefficient (Wildman–Crippen LogP) is 5.23. The van der Waals surface area contributed by atoms with E-state index in [1.54, 1.807) is 0 Å². The lowest BCUT2D eigenvalue weighted by molar-refractivity contribution is 0.0980. The van der Waals surface area contributed by atoms with Crippen LogP contribution < -0.4 is 9.47 Å². The number of benzene rings is 2. The van der Waals surface area contributed by atoms with Gasteiger partial charge in [-0.25, -0.2) is 0 Å². The summed E-state index contributed by atoms with van der Waals surface area (Å²) in [6.45, 7) is 7.49. The van der Waals surface area contributed by atoms with Crippen molar-refractivity contribution in [3.05, 3.63) is 59.2 Å². The first kappa shape index (κ1) is 26.8. The molecule has 2 aliphatic heterocycles. The van der Waals surface area contributed by atoms with E-state index < -0.39 is 6.10 Å². The fraction of sp³-hybridized carbons (Fsp3) is 0.517. The van der Waals surface area contributed by atoms with Crippen LogP contribution in [0.3, 0.4) is 0 Å². The van der Waals surface area contributed by atoms with Crippen molar-refractivity contribution in [1.82, 2.24) is 4.90 Å². The zero-order valence-corrected chi connectivity index (χ0v) is 22.6. The van der Waals surface area contributed by atoms with Crippen molar-refractivity contribution in [3.63, 3.8) is 0 Å². The second-order valence-electron chi connectivity index (χ2n) is 10.1. The van der Waals surface area contributed by atoms with Crippen LogP contribution in [-0.2, 0) is 6.42 Å². The Morgan fingerprint density at radius 2 is 1.89 bits per heavy atom. The van der Waals surface area contributed by atoms with Crippen LogP contribution >= 0.6 is 9.24 Å². The van der Waals surface area contributed by atoms with E-state index in [-0.39, 0.29) is 17.9 Å². The molecule has 0 saturated carbocycles. The number of fused-ring (bicyclic) bond motifs is 1. The topological polar surface area (TPSA) is 71.4 Å². The highest BCUT2D eigenvalue weighted by Gasteiger charge is 2.26. The SMILES string of the molecule is CC(C)Oc1ccc(C(=O)CCCC(P)=N[C@H](CN2CCCC2)[C@H](O)c2ccc3c(c2)OCC3)cc1. The summed E-state index contributed by atoms with van der Waals surface area (Å²) in [5, 5.41) is 11.3. The second kappa shape index (κ2) is 12.8. The summed E-state index contributed by atoms with van der Waals surface area (Å²) in [7, 11) is 2.73. The smallest absolute Gasteiger partial charge is 0.162 e. The third-order valence-corrected chi connectivity index (χ3v) is 7.22. The van der Waals surface area contributed by atoms with Crippen molar-refractivity contribution in [2.75, 3.05) is 26.2 Å². The molecular weight excluding hydrogens is 471 g/mol. The van der Waals surface area contributed by atoms with Gasteiger partial charge < -0.3 is 19.5 Å². The van der Waals surface area contributed by atoms with Crippen LogP contribution in [0, 0.1) is 0 Å². The number of nitrogens with zero attached hydrogens (tertiary/aromatic N) is 2. The van der Waals surface area contributed by atoms with Gasteiger partial charge in [0.05, 0.1) is 18.8 Å². The average molecular weight is 511 g/mol. The lowest BCUT2D eigenvalue weighted by Gasteiger charge is -2.26. The number of hydrogen-bond acceptors (Lipinski definition) is 6. The minimum Gasteiger partial charge on any atom is -0.493 e. The maximum atomic E-state index is 12.7. The minimum absolute atomic E-state index is 0.107. The van der Waals surface area contributed by atoms with Crippen molar-refractivity contribution >= 4 is 20.5 Å². The number of carbonyl (C=O) groups excluding carboxylic acids is 1. The largest absolute Gasteiger partial charge is 0.493 e. The summed E-state index contributed by atoms with van der Waals surface area (Å²) in [6.07, 6.45) is 4.58. The van der Waals surface area contributed by atoms with Crippen LogP contribution in [0.1, 0.15) is 73.5 Å². The maximum absolute atomic E-state index is 12.7. The van der Waals surface area contributed by atoms with Crippen LogP contribution in [0.2, 0.25) is 0 Å². The molecule has 0 aromatic heterocycles. The van der Waals surface area contributed by atoms with Crippen LogP contribution in [0.4, 0.5) is 0 Å². The molecule has 1 unspecified atom stereocenters. The first-order valence-electron chi connectivity index (χ1n) is 13.2. The Kier molecular flexibility index (Phi) is 9.53. The van der Waals surface area contributed by atoms with Crippen LogP contribution in [0.15, 0.2) is 47.5 Å². The standard InChI is InChI=1S/C29H39N2O4P/c1-20(2)35-24-12-10-21(11-13-24)26(32)6-5-7-28(36)30-25(19-31-15-3-4-16-31)29(33)23-9-8-22-14-17-34-27(22)18-23/h8-13,18,20,25,29,33H,3-7,14-17,19,36H2,1-2H3/t25-,29-/m1/s1. The minimum atomic E-state index is -0.705. The highest BCUT2D eigenvalue weighted by atomic mass is 31.0. The number of Topliss-reactive ketones (excluding diaryl/α,β-unsaturated/α-hetero) is 1. The number of hydrogen-bond donors (Lipinski definition) is 1. The van der Waals surface area contributed by atoms with Crippen LogP contribution in [-0.4, -0.2) is 59.6 Å². The predicted molar refractivity (Wildman–Crippen MR) is 148 cm³/mol. The first-order valence-corrected chi connectivity index (χ1v) is 13.7. The molecule has 1 saturated heterocycles. The number of ether oxygens (including phenoxy) is 2. The van der Waals surface area contributed by atoms with E-state index in [1.807, 2.05) is 50.2 Å². The number of likely N-dealkylation sites (tertiary alicyclic amines) is 1. The van der Waals surface area contributed by atoms with E-state index in [9.17, 15) is 9.90 Å². The molecule has 0 spiro atoms. The average Bonchev–Trinajstić information content (AvgIpc) is 3.54. The molecular formula is C29H39N2O4P. The second-order valence-corrected chi connectivity index (χ2v) is 10.7. The van der Waals surface area contributed by atoms with Gasteiger partial charge in [0.1, 0.15) is 17.6 Å². The van der Waals surface area contributed by atoms with E-state index >= 15 is 0 Å². The fourth-order valence-electron chi connectivity index (χ4n) is 4.87. The highest BCUT2D eigenvalue weighted by molar-refractivity contribution is 7.40. The van der Waals surface area contributed by atoms with Gasteiger partial charge in [-0.2, -0.15) is 0 Å². The Labute approximate surface area is 217 Å². The molecule has 4 rings (SSSR count). The summed E-state index contributed by atoms with van der Waals surface area (Å²) in [4.78, 5) is 20.0. The monoisotopic (exact) mass is 510 g/mol. The van der Waals surface area contributed by atoms with Gasteiger partial charge in [-0.1, -0.05) is 21.4 Å². The molecule has 0 aliphatic carbocycles. The van der Waals surface area contributed by atoms with Gasteiger partial charge in [0.15, 0.2) is 5.78 Å². The van der Waals surface area contributed by atoms with Crippen LogP contribution in [0.5, 0.6) is 11.5 Å². The van der Waals surface area contributed by atoms with Gasteiger partial charge in [-0.05, 0) is 94.1 Å². The Hall–Kier alpha value is -2.27. The van der Waals surface area contributed by atoms with Crippen molar-refractivity contribution in [3.8, 4) is 11.5 Å². The Balaban J connectivity index is 1.36. The molecule has 0 amide bonds. The Morgan fingerprint density at radius 1 is 1.14 bits per heavy atom. The molecule has 194 valence electrons. The molecule has 0 radical (unpaired) electrons. The molecule has 6 nitrogen and oxygen atoms in total. The summed E-state index contributed by atoms with van der Waals surface area (Å²) < 4.78 is 11.4. The van der Waals surface area contributed by atoms with Gasteiger partial charge >= 0.3 is 0 Å². The molecule has 2 aliphatic rings. The van der Waals surface area contributed by atoms with E-state index in [0.29, 0.717) is 31.4 Å². The maximum Gasteiger partial charge on any atom is 0.162 e. The summed E-state index contributed by atoms with van der Waals surface area (Å²) in [5.74, 6) is 1.78. The Morgan fingerprint density at radius 3 is 2.61 bits per heavy atom. The van der Waals surface area contributed by atoms with Crippen molar-refractivity contribution in [2.45, 2.75) is 70.6 Å². The van der Waals surface area contributed by atoms with Gasteiger partial charge in [-0.15, -0.1) is 0 Å². The molecule has 7 heteroatoms. The normalized spacial score (nSPS) is 17.6. The lowest BCUT2D eigenvalue weighted by atomic mass is 9.99. The highest BCUT2D eigenvalue weighted by Crippen LogP contribution is 2.31. The summed E-state index contributed by atoms with van der Waals surface area (Å²) >= 11 is 0. The van der Waals surface area contributed by atoms with Crippen LogP contribution in [0.25, 0.3) is 0 Å². The molecule has 3 atom stereocenters. The lowest BCUT2D eigenvalue weighted by Crippen LogP contribution is -2.33. The third-order valence-electron chi connectivity index (χ3n) is 6.79. The summed E-state index contributed by atoms with van der Waals surface area (Å²) in [6, 6.07) is 13.1. The van der Waals surface area contributed by atoms with Crippen molar-refractivity contribution < 1.29 is 19.4 Å². The number of ketones is 1. The van der Waals surface area contributed by atoms with E-state index in [0.717, 1.165) is 48.6 Å². The zero-order valence-electron chi connectivity index (χ0n) is 21.5. The molecule has 2 aromatic rings. The number of rotatable bonds is 12. The molecule has 0 bridgehead atoms.